The van der Waals surface area contributed by atoms with Crippen molar-refractivity contribution >= 4 is 57.2 Å². The van der Waals surface area contributed by atoms with Gasteiger partial charge < -0.3 is 4.57 Å². The number of amides is 2. The molecule has 4 aromatic rings. The Labute approximate surface area is 188 Å². The van der Waals surface area contributed by atoms with Gasteiger partial charge in [-0.2, -0.15) is 0 Å². The van der Waals surface area contributed by atoms with Crippen molar-refractivity contribution in [2.75, 3.05) is 4.90 Å². The van der Waals surface area contributed by atoms with E-state index in [0.29, 0.717) is 22.2 Å². The molecule has 0 atom stereocenters. The van der Waals surface area contributed by atoms with Crippen molar-refractivity contribution in [1.29, 1.82) is 0 Å². The number of halogens is 1. The van der Waals surface area contributed by atoms with E-state index in [4.69, 9.17) is 11.6 Å². The van der Waals surface area contributed by atoms with Gasteiger partial charge in [-0.25, -0.2) is 4.90 Å². The van der Waals surface area contributed by atoms with Crippen LogP contribution in [-0.2, 0) is 11.3 Å². The fourth-order valence-electron chi connectivity index (χ4n) is 3.72. The van der Waals surface area contributed by atoms with Gasteiger partial charge in [0.2, 0.25) is 0 Å². The van der Waals surface area contributed by atoms with Gasteiger partial charge in [-0.3, -0.25) is 9.59 Å². The average molecular weight is 445 g/mol. The molecule has 2 amide bonds. The highest BCUT2D eigenvalue weighted by Gasteiger charge is 2.36. The molecular formula is C25H17ClN2O2S. The molecule has 1 aromatic heterocycles. The van der Waals surface area contributed by atoms with E-state index in [0.717, 1.165) is 33.8 Å². The Balaban J connectivity index is 1.52. The molecule has 31 heavy (non-hydrogen) atoms. The first-order valence-corrected chi connectivity index (χ1v) is 10.9. The minimum atomic E-state index is -0.296. The van der Waals surface area contributed by atoms with Gasteiger partial charge in [0, 0.05) is 34.2 Å². The Hall–Kier alpha value is -3.28. The van der Waals surface area contributed by atoms with Gasteiger partial charge in [-0.05, 0) is 53.7 Å². The van der Waals surface area contributed by atoms with Gasteiger partial charge in [0.25, 0.3) is 11.1 Å². The zero-order chi connectivity index (χ0) is 21.4. The van der Waals surface area contributed by atoms with Crippen molar-refractivity contribution in [3.05, 3.63) is 106 Å². The Kier molecular flexibility index (Phi) is 5.14. The smallest absolute Gasteiger partial charge is 0.298 e. The largest absolute Gasteiger partial charge is 0.342 e. The summed E-state index contributed by atoms with van der Waals surface area (Å²) >= 11 is 6.98. The lowest BCUT2D eigenvalue weighted by Gasteiger charge is -2.11. The number of rotatable bonds is 4. The third kappa shape index (κ3) is 3.78. The molecule has 1 fully saturated rings. The summed E-state index contributed by atoms with van der Waals surface area (Å²) in [4.78, 5) is 27.2. The second-order valence-corrected chi connectivity index (χ2v) is 8.64. The van der Waals surface area contributed by atoms with Gasteiger partial charge in [-0.1, -0.05) is 60.1 Å². The predicted octanol–water partition coefficient (Wildman–Crippen LogP) is 6.58. The molecule has 1 aliphatic heterocycles. The number of para-hydroxylation sites is 2. The Morgan fingerprint density at radius 3 is 2.35 bits per heavy atom. The van der Waals surface area contributed by atoms with Gasteiger partial charge >= 0.3 is 0 Å². The summed E-state index contributed by atoms with van der Waals surface area (Å²) < 4.78 is 2.14. The lowest BCUT2D eigenvalue weighted by molar-refractivity contribution is -0.113. The third-order valence-corrected chi connectivity index (χ3v) is 6.30. The summed E-state index contributed by atoms with van der Waals surface area (Å²) in [6.45, 7) is 0.678. The number of thioether (sulfide) groups is 1. The highest BCUT2D eigenvalue weighted by molar-refractivity contribution is 8.19. The van der Waals surface area contributed by atoms with Crippen LogP contribution in [0.15, 0.2) is 90.0 Å². The van der Waals surface area contributed by atoms with E-state index in [1.54, 1.807) is 12.1 Å². The number of carbonyl (C=O) groups is 2. The van der Waals surface area contributed by atoms with Crippen LogP contribution in [0.3, 0.4) is 0 Å². The summed E-state index contributed by atoms with van der Waals surface area (Å²) in [7, 11) is 0. The quantitative estimate of drug-likeness (QED) is 0.334. The fourth-order valence-corrected chi connectivity index (χ4v) is 4.67. The van der Waals surface area contributed by atoms with Crippen LogP contribution < -0.4 is 4.90 Å². The number of carbonyl (C=O) groups excluding carboxylic acids is 2. The number of fused-ring (bicyclic) bond motifs is 1. The summed E-state index contributed by atoms with van der Waals surface area (Å²) in [5, 5.41) is 1.45. The first kappa shape index (κ1) is 19.7. The van der Waals surface area contributed by atoms with Crippen LogP contribution in [0.4, 0.5) is 10.5 Å². The minimum Gasteiger partial charge on any atom is -0.342 e. The molecule has 0 spiro atoms. The number of hydrogen-bond donors (Lipinski definition) is 0. The van der Waals surface area contributed by atoms with Crippen LogP contribution in [0, 0.1) is 0 Å². The van der Waals surface area contributed by atoms with Gasteiger partial charge in [0.05, 0.1) is 10.6 Å². The molecule has 1 saturated heterocycles. The van der Waals surface area contributed by atoms with E-state index in [2.05, 4.69) is 10.6 Å². The third-order valence-electron chi connectivity index (χ3n) is 5.18. The number of hydrogen-bond acceptors (Lipinski definition) is 3. The van der Waals surface area contributed by atoms with E-state index in [1.807, 2.05) is 72.9 Å². The maximum Gasteiger partial charge on any atom is 0.298 e. The van der Waals surface area contributed by atoms with Crippen molar-refractivity contribution in [2.45, 2.75) is 6.54 Å². The molecule has 6 heteroatoms. The maximum atomic E-state index is 13.0. The number of imide groups is 1. The van der Waals surface area contributed by atoms with E-state index < -0.39 is 0 Å². The summed E-state index contributed by atoms with van der Waals surface area (Å²) in [5.41, 5.74) is 3.67. The summed E-state index contributed by atoms with van der Waals surface area (Å²) in [6, 6.07) is 24.8. The van der Waals surface area contributed by atoms with Crippen LogP contribution in [0.25, 0.3) is 17.0 Å². The first-order valence-electron chi connectivity index (χ1n) is 9.75. The molecule has 0 bridgehead atoms. The lowest BCUT2D eigenvalue weighted by atomic mass is 10.1. The Morgan fingerprint density at radius 1 is 0.871 bits per heavy atom. The Morgan fingerprint density at radius 2 is 1.58 bits per heavy atom. The summed E-state index contributed by atoms with van der Waals surface area (Å²) in [6.07, 6.45) is 3.84. The molecule has 1 aliphatic rings. The zero-order valence-corrected chi connectivity index (χ0v) is 17.9. The van der Waals surface area contributed by atoms with Gasteiger partial charge in [-0.15, -0.1) is 0 Å². The SMILES string of the molecule is O=C1S/C(=C\c2cn(Cc3ccc(Cl)cc3)c3ccccc23)C(=O)N1c1ccccc1. The minimum absolute atomic E-state index is 0.285. The second kappa shape index (κ2) is 8.10. The monoisotopic (exact) mass is 444 g/mol. The molecule has 152 valence electrons. The lowest BCUT2D eigenvalue weighted by Crippen LogP contribution is -2.27. The molecular weight excluding hydrogens is 428 g/mol. The second-order valence-electron chi connectivity index (χ2n) is 7.21. The predicted molar refractivity (Wildman–Crippen MR) is 127 cm³/mol. The zero-order valence-electron chi connectivity index (χ0n) is 16.4. The maximum absolute atomic E-state index is 13.0. The topological polar surface area (TPSA) is 42.3 Å². The highest BCUT2D eigenvalue weighted by atomic mass is 35.5. The van der Waals surface area contributed by atoms with Crippen molar-refractivity contribution in [1.82, 2.24) is 4.57 Å². The van der Waals surface area contributed by atoms with Crippen molar-refractivity contribution in [3.63, 3.8) is 0 Å². The highest BCUT2D eigenvalue weighted by Crippen LogP contribution is 2.36. The van der Waals surface area contributed by atoms with Crippen LogP contribution in [0.1, 0.15) is 11.1 Å². The average Bonchev–Trinajstić information content (AvgIpc) is 3.27. The number of benzene rings is 3. The molecule has 0 radical (unpaired) electrons. The molecule has 2 heterocycles. The number of anilines is 1. The van der Waals surface area contributed by atoms with Crippen molar-refractivity contribution in [3.8, 4) is 0 Å². The van der Waals surface area contributed by atoms with Crippen LogP contribution in [0.2, 0.25) is 5.02 Å². The fraction of sp³-hybridized carbons (Fsp3) is 0.0400. The molecule has 0 N–H and O–H groups in total. The molecule has 0 saturated carbocycles. The Bertz CT molecular complexity index is 1330. The van der Waals surface area contributed by atoms with Crippen LogP contribution in [0.5, 0.6) is 0 Å². The summed E-state index contributed by atoms with van der Waals surface area (Å²) in [5.74, 6) is -0.296. The van der Waals surface area contributed by atoms with E-state index >= 15 is 0 Å². The van der Waals surface area contributed by atoms with Gasteiger partial charge in [0.15, 0.2) is 0 Å². The molecule has 0 unspecified atom stereocenters. The normalized spacial score (nSPS) is 15.4. The first-order chi connectivity index (χ1) is 15.1. The molecule has 0 aliphatic carbocycles. The number of aromatic nitrogens is 1. The molecule has 4 nitrogen and oxygen atoms in total. The van der Waals surface area contributed by atoms with Gasteiger partial charge in [0.1, 0.15) is 0 Å². The van der Waals surface area contributed by atoms with Crippen molar-refractivity contribution < 1.29 is 9.59 Å². The van der Waals surface area contributed by atoms with E-state index in [9.17, 15) is 9.59 Å². The standard InChI is InChI=1S/C25H17ClN2O2S/c26-19-12-10-17(11-13-19)15-27-16-18(21-8-4-5-9-22(21)27)14-23-24(29)28(25(30)31-23)20-6-2-1-3-7-20/h1-14,16H,15H2/b23-14-. The molecule has 5 rings (SSSR count). The van der Waals surface area contributed by atoms with Crippen LogP contribution in [-0.4, -0.2) is 15.7 Å². The van der Waals surface area contributed by atoms with Crippen LogP contribution >= 0.6 is 23.4 Å². The molecule has 3 aromatic carbocycles. The van der Waals surface area contributed by atoms with E-state index in [-0.39, 0.29) is 11.1 Å². The number of nitrogens with zero attached hydrogens (tertiary/aromatic N) is 2. The van der Waals surface area contributed by atoms with Crippen molar-refractivity contribution in [2.24, 2.45) is 0 Å². The van der Waals surface area contributed by atoms with E-state index in [1.165, 1.54) is 4.90 Å².